The third-order valence-corrected chi connectivity index (χ3v) is 3.07. The van der Waals surface area contributed by atoms with Gasteiger partial charge in [0, 0.05) is 22.4 Å². The topological polar surface area (TPSA) is 25.2 Å². The molecule has 0 spiro atoms. The molecule has 0 radical (unpaired) electrons. The van der Waals surface area contributed by atoms with E-state index in [4.69, 9.17) is 0 Å². The van der Waals surface area contributed by atoms with Gasteiger partial charge in [-0.25, -0.2) is 4.39 Å². The summed E-state index contributed by atoms with van der Waals surface area (Å²) in [5.41, 5.74) is 1.88. The molecular weight excluding hydrogens is 217 g/mol. The summed E-state index contributed by atoms with van der Waals surface area (Å²) < 4.78 is 14.5. The molecule has 1 heterocycles. The summed E-state index contributed by atoms with van der Waals surface area (Å²) in [6.07, 6.45) is 0. The average Bonchev–Trinajstić information content (AvgIpc) is 2.65. The van der Waals surface area contributed by atoms with Gasteiger partial charge in [0.05, 0.1) is 12.1 Å². The van der Waals surface area contributed by atoms with Crippen LogP contribution in [0.4, 0.5) is 4.39 Å². The van der Waals surface area contributed by atoms with E-state index in [0.29, 0.717) is 6.54 Å². The van der Waals surface area contributed by atoms with Crippen molar-refractivity contribution >= 4 is 21.8 Å². The van der Waals surface area contributed by atoms with Crippen LogP contribution in [-0.2, 0) is 6.54 Å². The quantitative estimate of drug-likeness (QED) is 0.715. The molecule has 0 aliphatic carbocycles. The molecule has 86 valence electrons. The van der Waals surface area contributed by atoms with E-state index in [2.05, 4.69) is 0 Å². The summed E-state index contributed by atoms with van der Waals surface area (Å²) in [7, 11) is 0. The second-order valence-corrected chi connectivity index (χ2v) is 4.06. The molecule has 0 aliphatic heterocycles. The van der Waals surface area contributed by atoms with E-state index in [1.807, 2.05) is 34.9 Å². The Morgan fingerprint density at radius 1 is 1.00 bits per heavy atom. The van der Waals surface area contributed by atoms with Crippen LogP contribution in [0.5, 0.6) is 5.75 Å². The normalized spacial score (nSPS) is 11.4. The molecule has 0 unspecified atom stereocenters. The molecule has 17 heavy (non-hydrogen) atoms. The van der Waals surface area contributed by atoms with Crippen molar-refractivity contribution in [1.29, 1.82) is 0 Å². The van der Waals surface area contributed by atoms with Crippen LogP contribution < -0.4 is 0 Å². The van der Waals surface area contributed by atoms with Gasteiger partial charge in [0.2, 0.25) is 0 Å². The number of benzene rings is 2. The highest BCUT2D eigenvalue weighted by Gasteiger charge is 2.09. The van der Waals surface area contributed by atoms with Crippen molar-refractivity contribution < 1.29 is 9.50 Å². The molecule has 1 aromatic heterocycles. The smallest absolute Gasteiger partial charge is 0.117 e. The lowest BCUT2D eigenvalue weighted by Crippen LogP contribution is -1.98. The van der Waals surface area contributed by atoms with E-state index in [1.165, 1.54) is 0 Å². The van der Waals surface area contributed by atoms with Crippen LogP contribution in [0, 0.1) is 0 Å². The van der Waals surface area contributed by atoms with Gasteiger partial charge in [0.15, 0.2) is 0 Å². The summed E-state index contributed by atoms with van der Waals surface area (Å²) in [4.78, 5) is 0. The van der Waals surface area contributed by atoms with Gasteiger partial charge in [-0.15, -0.1) is 0 Å². The second-order valence-electron chi connectivity index (χ2n) is 4.06. The predicted octanol–water partition coefficient (Wildman–Crippen LogP) is 3.47. The molecule has 3 aromatic rings. The van der Waals surface area contributed by atoms with Crippen LogP contribution in [0.3, 0.4) is 0 Å². The van der Waals surface area contributed by atoms with Crippen molar-refractivity contribution in [2.24, 2.45) is 0 Å². The number of nitrogens with zero attached hydrogens (tertiary/aromatic N) is 1. The number of aromatic hydroxyl groups is 1. The van der Waals surface area contributed by atoms with E-state index in [0.717, 1.165) is 21.8 Å². The number of fused-ring (bicyclic) bond motifs is 3. The average molecular weight is 229 g/mol. The maximum absolute atomic E-state index is 12.6. The molecule has 2 aromatic carbocycles. The van der Waals surface area contributed by atoms with Crippen molar-refractivity contribution in [3.8, 4) is 5.75 Å². The molecule has 0 atom stereocenters. The van der Waals surface area contributed by atoms with Gasteiger partial charge >= 0.3 is 0 Å². The van der Waals surface area contributed by atoms with Gasteiger partial charge in [-0.05, 0) is 18.2 Å². The van der Waals surface area contributed by atoms with Crippen LogP contribution in [0.2, 0.25) is 0 Å². The second kappa shape index (κ2) is 3.77. The van der Waals surface area contributed by atoms with E-state index in [9.17, 15) is 9.50 Å². The fourth-order valence-electron chi connectivity index (χ4n) is 2.36. The van der Waals surface area contributed by atoms with Gasteiger partial charge in [0.25, 0.3) is 0 Å². The number of hydrogen-bond acceptors (Lipinski definition) is 1. The van der Waals surface area contributed by atoms with Crippen LogP contribution in [0.15, 0.2) is 42.5 Å². The molecule has 0 amide bonds. The highest BCUT2D eigenvalue weighted by Crippen LogP contribution is 2.30. The Morgan fingerprint density at radius 2 is 1.76 bits per heavy atom. The van der Waals surface area contributed by atoms with Crippen molar-refractivity contribution in [3.63, 3.8) is 0 Å². The zero-order valence-corrected chi connectivity index (χ0v) is 9.23. The minimum atomic E-state index is -0.413. The summed E-state index contributed by atoms with van der Waals surface area (Å²) in [6.45, 7) is -0.100. The Kier molecular flexibility index (Phi) is 2.25. The first kappa shape index (κ1) is 10.1. The zero-order chi connectivity index (χ0) is 11.8. The Hall–Kier alpha value is -2.03. The Balaban J connectivity index is 2.48. The highest BCUT2D eigenvalue weighted by molar-refractivity contribution is 6.08. The Labute approximate surface area is 97.9 Å². The van der Waals surface area contributed by atoms with Crippen molar-refractivity contribution in [2.45, 2.75) is 6.54 Å². The number of rotatable bonds is 2. The molecule has 1 N–H and O–H groups in total. The third kappa shape index (κ3) is 1.46. The largest absolute Gasteiger partial charge is 0.508 e. The van der Waals surface area contributed by atoms with Crippen LogP contribution >= 0.6 is 0 Å². The minimum Gasteiger partial charge on any atom is -0.508 e. The van der Waals surface area contributed by atoms with Gasteiger partial charge in [0.1, 0.15) is 12.4 Å². The van der Waals surface area contributed by atoms with Crippen molar-refractivity contribution in [3.05, 3.63) is 42.5 Å². The number of halogens is 1. The lowest BCUT2D eigenvalue weighted by atomic mass is 10.1. The molecule has 0 fully saturated rings. The Morgan fingerprint density at radius 3 is 2.59 bits per heavy atom. The number of phenolic OH excluding ortho intramolecular Hbond substituents is 1. The number of aryl methyl sites for hydroxylation is 1. The van der Waals surface area contributed by atoms with Gasteiger partial charge in [-0.2, -0.15) is 0 Å². The molecular formula is C14H12FNO. The number of hydrogen-bond donors (Lipinski definition) is 1. The Bertz CT molecular complexity index is 687. The summed E-state index contributed by atoms with van der Waals surface area (Å²) in [5.74, 6) is 0.209. The highest BCUT2D eigenvalue weighted by atomic mass is 19.1. The number of para-hydroxylation sites is 1. The van der Waals surface area contributed by atoms with E-state index in [1.54, 1.807) is 12.1 Å². The van der Waals surface area contributed by atoms with E-state index in [-0.39, 0.29) is 5.75 Å². The lowest BCUT2D eigenvalue weighted by molar-refractivity contribution is 0.454. The summed E-state index contributed by atoms with van der Waals surface area (Å²) in [6, 6.07) is 13.1. The number of phenols is 1. The molecule has 0 bridgehead atoms. The zero-order valence-electron chi connectivity index (χ0n) is 9.23. The minimum absolute atomic E-state index is 0.209. The third-order valence-electron chi connectivity index (χ3n) is 3.07. The first-order valence-electron chi connectivity index (χ1n) is 5.57. The maximum atomic E-state index is 12.6. The van der Waals surface area contributed by atoms with E-state index >= 15 is 0 Å². The van der Waals surface area contributed by atoms with Gasteiger partial charge < -0.3 is 9.67 Å². The van der Waals surface area contributed by atoms with Gasteiger partial charge in [-0.1, -0.05) is 18.2 Å². The lowest BCUT2D eigenvalue weighted by Gasteiger charge is -2.03. The molecule has 2 nitrogen and oxygen atoms in total. The van der Waals surface area contributed by atoms with Crippen LogP contribution in [0.1, 0.15) is 0 Å². The first-order chi connectivity index (χ1) is 8.31. The summed E-state index contributed by atoms with van der Waals surface area (Å²) >= 11 is 0. The molecule has 3 rings (SSSR count). The number of aromatic nitrogens is 1. The fraction of sp³-hybridized carbons (Fsp3) is 0.143. The fourth-order valence-corrected chi connectivity index (χ4v) is 2.36. The molecule has 0 saturated carbocycles. The van der Waals surface area contributed by atoms with Gasteiger partial charge in [-0.3, -0.25) is 0 Å². The molecule has 0 saturated heterocycles. The van der Waals surface area contributed by atoms with Crippen LogP contribution in [-0.4, -0.2) is 16.3 Å². The summed E-state index contributed by atoms with van der Waals surface area (Å²) in [5, 5.41) is 11.7. The monoisotopic (exact) mass is 229 g/mol. The first-order valence-corrected chi connectivity index (χ1v) is 5.57. The number of alkyl halides is 1. The van der Waals surface area contributed by atoms with E-state index < -0.39 is 6.67 Å². The molecule has 3 heteroatoms. The SMILES string of the molecule is Oc1ccc2c3ccccc3n(CCF)c2c1. The standard InChI is InChI=1S/C14H12FNO/c15-7-8-16-13-4-2-1-3-11(13)12-6-5-10(17)9-14(12)16/h1-6,9,17H,7-8H2. The van der Waals surface area contributed by atoms with Crippen LogP contribution in [0.25, 0.3) is 21.8 Å². The van der Waals surface area contributed by atoms with Crippen molar-refractivity contribution in [1.82, 2.24) is 4.57 Å². The molecule has 0 aliphatic rings. The van der Waals surface area contributed by atoms with Crippen molar-refractivity contribution in [2.75, 3.05) is 6.67 Å². The maximum Gasteiger partial charge on any atom is 0.117 e. The predicted molar refractivity (Wildman–Crippen MR) is 67.1 cm³/mol.